The van der Waals surface area contributed by atoms with E-state index in [2.05, 4.69) is 14.6 Å². The number of nitrogens with one attached hydrogen (secondary N) is 1. The molecule has 0 radical (unpaired) electrons. The molecule has 10 heteroatoms. The summed E-state index contributed by atoms with van der Waals surface area (Å²) < 4.78 is 79.4. The molecule has 0 unspecified atom stereocenters. The Balaban J connectivity index is 1.47. The predicted octanol–water partition coefficient (Wildman–Crippen LogP) is 4.91. The molecule has 4 rings (SSSR count). The number of pyridine rings is 1. The summed E-state index contributed by atoms with van der Waals surface area (Å²) >= 11 is 0. The molecule has 0 amide bonds. The number of nitrogens with zero attached hydrogens (tertiary/aromatic N) is 2. The number of rotatable bonds is 5. The molecule has 1 aromatic heterocycles. The molecular weight excluding hydrogens is 458 g/mol. The van der Waals surface area contributed by atoms with Gasteiger partial charge in [-0.25, -0.2) is 17.8 Å². The van der Waals surface area contributed by atoms with Gasteiger partial charge in [0.05, 0.1) is 4.90 Å². The van der Waals surface area contributed by atoms with Gasteiger partial charge in [-0.05, 0) is 72.5 Å². The zero-order valence-corrected chi connectivity index (χ0v) is 18.5. The molecule has 0 saturated heterocycles. The van der Waals surface area contributed by atoms with Gasteiger partial charge in [-0.1, -0.05) is 12.1 Å². The fraction of sp³-hybridized carbons (Fsp3) is 0.261. The van der Waals surface area contributed by atoms with Gasteiger partial charge in [-0.2, -0.15) is 13.2 Å². The van der Waals surface area contributed by atoms with Gasteiger partial charge >= 0.3 is 6.18 Å². The van der Waals surface area contributed by atoms with Gasteiger partial charge in [0, 0.05) is 31.0 Å². The van der Waals surface area contributed by atoms with Crippen molar-refractivity contribution in [3.63, 3.8) is 0 Å². The van der Waals surface area contributed by atoms with Crippen LogP contribution in [0.5, 0.6) is 0 Å². The molecule has 0 spiro atoms. The van der Waals surface area contributed by atoms with E-state index < -0.39 is 27.7 Å². The molecule has 1 aliphatic rings. The summed E-state index contributed by atoms with van der Waals surface area (Å²) in [6.07, 6.45) is -3.88. The monoisotopic (exact) mass is 479 g/mol. The number of alkyl halides is 3. The average Bonchev–Trinajstić information content (AvgIpc) is 2.75. The summed E-state index contributed by atoms with van der Waals surface area (Å²) in [5.74, 6) is -0.460. The summed E-state index contributed by atoms with van der Waals surface area (Å²) in [7, 11) is -3.83. The number of hydrogen-bond donors (Lipinski definition) is 1. The van der Waals surface area contributed by atoms with Crippen LogP contribution in [0.15, 0.2) is 59.5 Å². The van der Waals surface area contributed by atoms with Crippen LogP contribution in [-0.4, -0.2) is 24.8 Å². The third kappa shape index (κ3) is 5.33. The normalized spacial score (nSPS) is 14.7. The van der Waals surface area contributed by atoms with Crippen LogP contribution in [0, 0.1) is 12.7 Å². The van der Waals surface area contributed by atoms with E-state index in [0.717, 1.165) is 17.2 Å². The fourth-order valence-corrected chi connectivity index (χ4v) is 4.89. The van der Waals surface area contributed by atoms with E-state index in [4.69, 9.17) is 0 Å². The van der Waals surface area contributed by atoms with E-state index in [-0.39, 0.29) is 10.6 Å². The number of aryl methyl sites for hydroxylation is 1. The van der Waals surface area contributed by atoms with Crippen LogP contribution in [0.25, 0.3) is 0 Å². The zero-order chi connectivity index (χ0) is 23.8. The summed E-state index contributed by atoms with van der Waals surface area (Å²) in [5, 5.41) is 0. The van der Waals surface area contributed by atoms with Gasteiger partial charge in [0.1, 0.15) is 11.5 Å². The number of hydrogen-bond acceptors (Lipinski definition) is 4. The molecule has 33 heavy (non-hydrogen) atoms. The van der Waals surface area contributed by atoms with Crippen molar-refractivity contribution in [3.8, 4) is 0 Å². The molecule has 0 aliphatic carbocycles. The van der Waals surface area contributed by atoms with Gasteiger partial charge in [-0.15, -0.1) is 0 Å². The van der Waals surface area contributed by atoms with E-state index >= 15 is 0 Å². The lowest BCUT2D eigenvalue weighted by molar-refractivity contribution is -0.141. The Labute approximate surface area is 189 Å². The molecular formula is C23H21F4N3O2S. The molecule has 1 aliphatic heterocycles. The highest BCUT2D eigenvalue weighted by atomic mass is 32.2. The Morgan fingerprint density at radius 2 is 1.76 bits per heavy atom. The van der Waals surface area contributed by atoms with Gasteiger partial charge < -0.3 is 0 Å². The standard InChI is InChI=1S/C23H21F4N3O2S/c1-15-17(3-9-22(28-15)23(25,26)27)13-30-11-10-16-12-21(8-2-18(16)14-30)33(31,32)29-20-6-4-19(24)5-7-20/h2-9,12,29H,10-11,13-14H2,1H3. The van der Waals surface area contributed by atoms with Crippen LogP contribution >= 0.6 is 0 Å². The molecule has 3 aromatic rings. The maximum Gasteiger partial charge on any atom is 0.433 e. The summed E-state index contributed by atoms with van der Waals surface area (Å²) in [5.41, 5.74) is 2.27. The maximum absolute atomic E-state index is 13.1. The average molecular weight is 479 g/mol. The summed E-state index contributed by atoms with van der Waals surface area (Å²) in [6.45, 7) is 3.18. The van der Waals surface area contributed by atoms with E-state index in [9.17, 15) is 26.0 Å². The van der Waals surface area contributed by atoms with Crippen LogP contribution in [0.3, 0.4) is 0 Å². The number of anilines is 1. The lowest BCUT2D eigenvalue weighted by Crippen LogP contribution is -2.30. The topological polar surface area (TPSA) is 62.3 Å². The van der Waals surface area contributed by atoms with Crippen LogP contribution in [0.4, 0.5) is 23.2 Å². The second-order valence-electron chi connectivity index (χ2n) is 7.94. The Morgan fingerprint density at radius 1 is 1.03 bits per heavy atom. The Hall–Kier alpha value is -2.98. The first-order valence-corrected chi connectivity index (χ1v) is 11.7. The van der Waals surface area contributed by atoms with Gasteiger partial charge in [0.2, 0.25) is 0 Å². The second kappa shape index (κ2) is 8.75. The number of sulfonamides is 1. The smallest absolute Gasteiger partial charge is 0.294 e. The molecule has 2 heterocycles. The van der Waals surface area contributed by atoms with Crippen molar-refractivity contribution in [3.05, 3.63) is 88.5 Å². The first-order chi connectivity index (χ1) is 15.5. The Morgan fingerprint density at radius 3 is 2.42 bits per heavy atom. The minimum Gasteiger partial charge on any atom is -0.294 e. The Kier molecular flexibility index (Phi) is 6.15. The molecule has 0 atom stereocenters. The van der Waals surface area contributed by atoms with Crippen LogP contribution in [0.2, 0.25) is 0 Å². The van der Waals surface area contributed by atoms with Crippen molar-refractivity contribution in [2.45, 2.75) is 37.5 Å². The van der Waals surface area contributed by atoms with Crippen molar-refractivity contribution in [2.24, 2.45) is 0 Å². The minimum atomic E-state index is -4.48. The first kappa shape index (κ1) is 23.2. The lowest BCUT2D eigenvalue weighted by Gasteiger charge is -2.29. The van der Waals surface area contributed by atoms with Crippen molar-refractivity contribution in [1.82, 2.24) is 9.88 Å². The predicted molar refractivity (Wildman–Crippen MR) is 115 cm³/mol. The SMILES string of the molecule is Cc1nc(C(F)(F)F)ccc1CN1CCc2cc(S(=O)(=O)Nc3ccc(F)cc3)ccc2C1. The number of benzene rings is 2. The highest BCUT2D eigenvalue weighted by molar-refractivity contribution is 7.92. The molecule has 0 fully saturated rings. The quantitative estimate of drug-likeness (QED) is 0.529. The zero-order valence-electron chi connectivity index (χ0n) is 17.7. The number of aromatic nitrogens is 1. The largest absolute Gasteiger partial charge is 0.433 e. The second-order valence-corrected chi connectivity index (χ2v) is 9.62. The fourth-order valence-electron chi connectivity index (χ4n) is 3.78. The molecule has 0 saturated carbocycles. The number of fused-ring (bicyclic) bond motifs is 1. The van der Waals surface area contributed by atoms with Crippen molar-refractivity contribution < 1.29 is 26.0 Å². The van der Waals surface area contributed by atoms with Gasteiger partial charge in [0.25, 0.3) is 10.0 Å². The van der Waals surface area contributed by atoms with Gasteiger partial charge in [0.15, 0.2) is 0 Å². The maximum atomic E-state index is 13.1. The van der Waals surface area contributed by atoms with Crippen molar-refractivity contribution in [1.29, 1.82) is 0 Å². The summed E-state index contributed by atoms with van der Waals surface area (Å²) in [6, 6.07) is 12.4. The highest BCUT2D eigenvalue weighted by Gasteiger charge is 2.32. The molecule has 174 valence electrons. The summed E-state index contributed by atoms with van der Waals surface area (Å²) in [4.78, 5) is 5.89. The number of halogens is 4. The molecule has 1 N–H and O–H groups in total. The van der Waals surface area contributed by atoms with Gasteiger partial charge in [-0.3, -0.25) is 9.62 Å². The molecule has 5 nitrogen and oxygen atoms in total. The van der Waals surface area contributed by atoms with Crippen LogP contribution in [0.1, 0.15) is 28.1 Å². The Bertz CT molecular complexity index is 1280. The molecule has 0 bridgehead atoms. The van der Waals surface area contributed by atoms with E-state index in [1.54, 1.807) is 19.1 Å². The van der Waals surface area contributed by atoms with E-state index in [1.807, 2.05) is 0 Å². The highest BCUT2D eigenvalue weighted by Crippen LogP contribution is 2.29. The third-order valence-corrected chi connectivity index (χ3v) is 6.93. The van der Waals surface area contributed by atoms with Crippen LogP contribution < -0.4 is 4.72 Å². The van der Waals surface area contributed by atoms with E-state index in [1.165, 1.54) is 36.4 Å². The molecule has 2 aromatic carbocycles. The van der Waals surface area contributed by atoms with Crippen molar-refractivity contribution >= 4 is 15.7 Å². The first-order valence-electron chi connectivity index (χ1n) is 10.2. The van der Waals surface area contributed by atoms with E-state index in [0.29, 0.717) is 37.3 Å². The minimum absolute atomic E-state index is 0.113. The lowest BCUT2D eigenvalue weighted by atomic mass is 9.99. The third-order valence-electron chi connectivity index (χ3n) is 5.56. The van der Waals surface area contributed by atoms with Crippen molar-refractivity contribution in [2.75, 3.05) is 11.3 Å². The van der Waals surface area contributed by atoms with Crippen LogP contribution in [-0.2, 0) is 35.7 Å².